The van der Waals surface area contributed by atoms with Crippen LogP contribution in [0.4, 0.5) is 0 Å². The van der Waals surface area contributed by atoms with E-state index in [1.54, 1.807) is 0 Å². The van der Waals surface area contributed by atoms with Crippen LogP contribution >= 0.6 is 10.7 Å². The van der Waals surface area contributed by atoms with Crippen LogP contribution in [-0.4, -0.2) is 26.5 Å². The molecule has 0 aromatic rings. The number of hydrogen-bond acceptors (Lipinski definition) is 4. The number of nitrogens with two attached hydrogens (primary N) is 1. The first kappa shape index (κ1) is 9.25. The molecule has 0 bridgehead atoms. The monoisotopic (exact) mass is 199 g/mol. The summed E-state index contributed by atoms with van der Waals surface area (Å²) in [6.07, 6.45) is 0.981. The van der Waals surface area contributed by atoms with Gasteiger partial charge in [0, 0.05) is 17.2 Å². The van der Waals surface area contributed by atoms with Gasteiger partial charge >= 0.3 is 0 Å². The maximum Gasteiger partial charge on any atom is 0.259 e. The van der Waals surface area contributed by atoms with Crippen molar-refractivity contribution in [2.75, 3.05) is 6.54 Å². The minimum absolute atomic E-state index is 0.145. The number of halogens is 1. The summed E-state index contributed by atoms with van der Waals surface area (Å²) in [5, 5.41) is 0. The molecule has 1 saturated heterocycles. The Bertz CT molecular complexity index is 228. The molecule has 0 spiro atoms. The molecule has 4 nitrogen and oxygen atoms in total. The van der Waals surface area contributed by atoms with Gasteiger partial charge in [-0.3, -0.25) is 0 Å². The minimum atomic E-state index is -3.55. The average molecular weight is 200 g/mol. The number of ether oxygens (including phenoxy) is 1. The molecule has 0 aliphatic carbocycles. The lowest BCUT2D eigenvalue weighted by molar-refractivity contribution is 0.0939. The van der Waals surface area contributed by atoms with Crippen molar-refractivity contribution in [1.29, 1.82) is 0 Å². The third kappa shape index (κ3) is 2.30. The van der Waals surface area contributed by atoms with Crippen LogP contribution in [0.5, 0.6) is 0 Å². The molecule has 2 N–H and O–H groups in total. The van der Waals surface area contributed by atoms with Crippen LogP contribution in [0.15, 0.2) is 0 Å². The first-order valence-corrected chi connectivity index (χ1v) is 5.70. The molecule has 0 unspecified atom stereocenters. The molecule has 0 saturated carbocycles. The third-order valence-corrected chi connectivity index (χ3v) is 3.22. The second-order valence-corrected chi connectivity index (χ2v) is 5.24. The van der Waals surface area contributed by atoms with E-state index in [-0.39, 0.29) is 6.10 Å². The molecule has 1 rings (SSSR count). The fraction of sp³-hybridized carbons (Fsp3) is 1.00. The van der Waals surface area contributed by atoms with Crippen molar-refractivity contribution in [3.8, 4) is 0 Å². The lowest BCUT2D eigenvalue weighted by atomic mass is 10.2. The van der Waals surface area contributed by atoms with Gasteiger partial charge in [-0.05, 0) is 12.8 Å². The van der Waals surface area contributed by atoms with Crippen molar-refractivity contribution in [2.45, 2.75) is 24.4 Å². The zero-order chi connectivity index (χ0) is 8.48. The Morgan fingerprint density at radius 3 is 2.45 bits per heavy atom. The first-order chi connectivity index (χ1) is 5.04. The molecule has 6 heteroatoms. The Balaban J connectivity index is 2.55. The summed E-state index contributed by atoms with van der Waals surface area (Å²) >= 11 is 0. The maximum atomic E-state index is 10.7. The average Bonchev–Trinajstić information content (AvgIpc) is 2.32. The standard InChI is InChI=1S/C5H10ClNO3S/c6-11(8,9)5-2-1-4(3-7)10-5/h4-5H,1-3,7H2/t4-,5+/m1/s1. The fourth-order valence-corrected chi connectivity index (χ4v) is 2.15. The molecule has 0 aromatic heterocycles. The highest BCUT2D eigenvalue weighted by molar-refractivity contribution is 8.14. The second-order valence-electron chi connectivity index (χ2n) is 2.48. The van der Waals surface area contributed by atoms with Crippen molar-refractivity contribution in [2.24, 2.45) is 5.73 Å². The molecule has 1 aliphatic heterocycles. The van der Waals surface area contributed by atoms with Crippen LogP contribution in [0.25, 0.3) is 0 Å². The summed E-state index contributed by atoms with van der Waals surface area (Å²) in [4.78, 5) is 0. The van der Waals surface area contributed by atoms with E-state index >= 15 is 0 Å². The Morgan fingerprint density at radius 2 is 2.18 bits per heavy atom. The van der Waals surface area contributed by atoms with Gasteiger partial charge in [0.1, 0.15) is 0 Å². The van der Waals surface area contributed by atoms with Gasteiger partial charge < -0.3 is 10.5 Å². The molecule has 1 fully saturated rings. The highest BCUT2D eigenvalue weighted by Gasteiger charge is 2.32. The van der Waals surface area contributed by atoms with Gasteiger partial charge in [0.05, 0.1) is 6.10 Å². The van der Waals surface area contributed by atoms with Crippen molar-refractivity contribution in [1.82, 2.24) is 0 Å². The predicted molar refractivity (Wildman–Crippen MR) is 41.7 cm³/mol. The Kier molecular flexibility index (Phi) is 2.74. The highest BCUT2D eigenvalue weighted by Crippen LogP contribution is 2.25. The third-order valence-electron chi connectivity index (χ3n) is 1.65. The van der Waals surface area contributed by atoms with Gasteiger partial charge in [-0.1, -0.05) is 0 Å². The topological polar surface area (TPSA) is 69.4 Å². The number of hydrogen-bond donors (Lipinski definition) is 1. The van der Waals surface area contributed by atoms with Crippen LogP contribution in [0.1, 0.15) is 12.8 Å². The normalized spacial score (nSPS) is 32.5. The summed E-state index contributed by atoms with van der Waals surface area (Å²) < 4.78 is 26.4. The summed E-state index contributed by atoms with van der Waals surface area (Å²) in [5.74, 6) is 0. The minimum Gasteiger partial charge on any atom is -0.356 e. The van der Waals surface area contributed by atoms with Crippen molar-refractivity contribution in [3.63, 3.8) is 0 Å². The van der Waals surface area contributed by atoms with Crippen LogP contribution in [0.2, 0.25) is 0 Å². The summed E-state index contributed by atoms with van der Waals surface area (Å²) in [6, 6.07) is 0. The van der Waals surface area contributed by atoms with Crippen LogP contribution in [0.3, 0.4) is 0 Å². The van der Waals surface area contributed by atoms with Gasteiger partial charge in [-0.15, -0.1) is 0 Å². The maximum absolute atomic E-state index is 10.7. The van der Waals surface area contributed by atoms with E-state index in [1.165, 1.54) is 0 Å². The van der Waals surface area contributed by atoms with E-state index in [4.69, 9.17) is 21.2 Å². The second kappa shape index (κ2) is 3.26. The smallest absolute Gasteiger partial charge is 0.259 e. The molecule has 1 heterocycles. The molecule has 0 aromatic carbocycles. The van der Waals surface area contributed by atoms with Gasteiger partial charge in [0.25, 0.3) is 9.05 Å². The van der Waals surface area contributed by atoms with E-state index in [2.05, 4.69) is 0 Å². The SMILES string of the molecule is NC[C@H]1CC[C@H](S(=O)(=O)Cl)O1. The molecule has 11 heavy (non-hydrogen) atoms. The summed E-state index contributed by atoms with van der Waals surface area (Å²) in [5.41, 5.74) is 4.43. The molecular formula is C5H10ClNO3S. The van der Waals surface area contributed by atoms with Gasteiger partial charge in [0.2, 0.25) is 0 Å². The van der Waals surface area contributed by atoms with Crippen LogP contribution in [-0.2, 0) is 13.8 Å². The highest BCUT2D eigenvalue weighted by atomic mass is 35.7. The Labute approximate surface area is 70.1 Å². The van der Waals surface area contributed by atoms with E-state index in [9.17, 15) is 8.42 Å². The van der Waals surface area contributed by atoms with E-state index < -0.39 is 14.5 Å². The van der Waals surface area contributed by atoms with E-state index in [0.29, 0.717) is 19.4 Å². The zero-order valence-electron chi connectivity index (χ0n) is 5.86. The molecule has 2 atom stereocenters. The number of rotatable bonds is 2. The molecule has 0 radical (unpaired) electrons. The first-order valence-electron chi connectivity index (χ1n) is 3.33. The summed E-state index contributed by atoms with van der Waals surface area (Å²) in [6.45, 7) is 0.350. The molecule has 66 valence electrons. The molecule has 1 aliphatic rings. The van der Waals surface area contributed by atoms with Gasteiger partial charge in [0.15, 0.2) is 5.44 Å². The molecular weight excluding hydrogens is 190 g/mol. The molecule has 0 amide bonds. The van der Waals surface area contributed by atoms with Crippen molar-refractivity contribution < 1.29 is 13.2 Å². The van der Waals surface area contributed by atoms with Gasteiger partial charge in [-0.25, -0.2) is 8.42 Å². The zero-order valence-corrected chi connectivity index (χ0v) is 7.44. The van der Waals surface area contributed by atoms with Crippen LogP contribution < -0.4 is 5.73 Å². The Morgan fingerprint density at radius 1 is 1.55 bits per heavy atom. The predicted octanol–water partition coefficient (Wildman–Crippen LogP) is 0.0188. The lowest BCUT2D eigenvalue weighted by Crippen LogP contribution is -2.22. The van der Waals surface area contributed by atoms with Gasteiger partial charge in [-0.2, -0.15) is 0 Å². The van der Waals surface area contributed by atoms with E-state index in [0.717, 1.165) is 0 Å². The Hall–Kier alpha value is 0.160. The van der Waals surface area contributed by atoms with Crippen LogP contribution in [0, 0.1) is 0 Å². The quantitative estimate of drug-likeness (QED) is 0.637. The van der Waals surface area contributed by atoms with Crippen molar-refractivity contribution >= 4 is 19.7 Å². The fourth-order valence-electron chi connectivity index (χ4n) is 1.05. The summed E-state index contributed by atoms with van der Waals surface area (Å²) in [7, 11) is 1.52. The van der Waals surface area contributed by atoms with Crippen molar-refractivity contribution in [3.05, 3.63) is 0 Å². The van der Waals surface area contributed by atoms with E-state index in [1.807, 2.05) is 0 Å². The largest absolute Gasteiger partial charge is 0.356 e. The lowest BCUT2D eigenvalue weighted by Gasteiger charge is -2.07.